The zero-order valence-electron chi connectivity index (χ0n) is 15.6. The van der Waals surface area contributed by atoms with Crippen LogP contribution in [-0.4, -0.2) is 46.5 Å². The van der Waals surface area contributed by atoms with Crippen molar-refractivity contribution in [3.63, 3.8) is 0 Å². The number of benzene rings is 1. The fourth-order valence-corrected chi connectivity index (χ4v) is 3.58. The van der Waals surface area contributed by atoms with Crippen LogP contribution in [0.5, 0.6) is 0 Å². The van der Waals surface area contributed by atoms with Crippen LogP contribution in [0.4, 0.5) is 17.6 Å². The maximum absolute atomic E-state index is 13.4. The highest BCUT2D eigenvalue weighted by molar-refractivity contribution is 5.79. The van der Waals surface area contributed by atoms with Crippen LogP contribution < -0.4 is 0 Å². The normalized spacial score (nSPS) is 17.8. The van der Waals surface area contributed by atoms with Gasteiger partial charge in [0, 0.05) is 17.8 Å². The van der Waals surface area contributed by atoms with Crippen molar-refractivity contribution in [1.82, 2.24) is 14.7 Å². The van der Waals surface area contributed by atoms with E-state index in [9.17, 15) is 22.4 Å². The maximum Gasteiger partial charge on any atom is 0.408 e. The van der Waals surface area contributed by atoms with E-state index in [0.29, 0.717) is 35.7 Å². The van der Waals surface area contributed by atoms with Gasteiger partial charge in [0.05, 0.1) is 31.4 Å². The van der Waals surface area contributed by atoms with Crippen molar-refractivity contribution in [1.29, 1.82) is 0 Å². The average molecular weight is 399 g/mol. The molecule has 0 spiro atoms. The average Bonchev–Trinajstić information content (AvgIpc) is 2.86. The lowest BCUT2D eigenvalue weighted by Gasteiger charge is -2.36. The lowest BCUT2D eigenvalue weighted by Crippen LogP contribution is -2.44. The van der Waals surface area contributed by atoms with E-state index >= 15 is 0 Å². The Morgan fingerprint density at radius 2 is 2.07 bits per heavy atom. The number of morpholine rings is 1. The second-order valence-electron chi connectivity index (χ2n) is 6.84. The van der Waals surface area contributed by atoms with Crippen molar-refractivity contribution < 1.29 is 27.1 Å². The number of hydrogen-bond donors (Lipinski definition) is 0. The largest absolute Gasteiger partial charge is 0.408 e. The molecule has 1 saturated heterocycles. The number of aromatic nitrogens is 2. The molecule has 1 aliphatic heterocycles. The molecular formula is C19H21F4N3O2. The lowest BCUT2D eigenvalue weighted by molar-refractivity contribution is -0.143. The summed E-state index contributed by atoms with van der Waals surface area (Å²) in [7, 11) is 0. The van der Waals surface area contributed by atoms with Crippen LogP contribution in [0.25, 0.3) is 0 Å². The summed E-state index contributed by atoms with van der Waals surface area (Å²) in [4.78, 5) is 14.4. The number of aryl methyl sites for hydroxylation is 1. The standard InChI is InChI=1S/C19H21F4N3O2/c1-12-18(13(2)26(24-12)11-19(21,22)23)16-10-28-7-6-25(16)17(27)9-14-4-3-5-15(20)8-14/h3-5,8,16H,6-7,9-11H2,1-2H3. The predicted octanol–water partition coefficient (Wildman–Crippen LogP) is 3.34. The lowest BCUT2D eigenvalue weighted by atomic mass is 10.0. The van der Waals surface area contributed by atoms with E-state index in [1.54, 1.807) is 24.8 Å². The van der Waals surface area contributed by atoms with Gasteiger partial charge in [-0.3, -0.25) is 9.48 Å². The van der Waals surface area contributed by atoms with Gasteiger partial charge < -0.3 is 9.64 Å². The summed E-state index contributed by atoms with van der Waals surface area (Å²) in [5, 5.41) is 4.01. The Labute approximate surface area is 159 Å². The molecule has 1 amide bonds. The fourth-order valence-electron chi connectivity index (χ4n) is 3.58. The van der Waals surface area contributed by atoms with Crippen molar-refractivity contribution in [2.75, 3.05) is 19.8 Å². The van der Waals surface area contributed by atoms with E-state index in [-0.39, 0.29) is 18.9 Å². The molecule has 1 fully saturated rings. The zero-order chi connectivity index (χ0) is 20.5. The fraction of sp³-hybridized carbons (Fsp3) is 0.474. The molecule has 1 unspecified atom stereocenters. The summed E-state index contributed by atoms with van der Waals surface area (Å²) in [6.07, 6.45) is -4.39. The summed E-state index contributed by atoms with van der Waals surface area (Å²) < 4.78 is 58.2. The first-order valence-corrected chi connectivity index (χ1v) is 8.88. The van der Waals surface area contributed by atoms with Crippen LogP contribution >= 0.6 is 0 Å². The molecule has 1 aromatic carbocycles. The van der Waals surface area contributed by atoms with Crippen molar-refractivity contribution in [3.05, 3.63) is 52.6 Å². The summed E-state index contributed by atoms with van der Waals surface area (Å²) in [5.74, 6) is -0.662. The third-order valence-electron chi connectivity index (χ3n) is 4.79. The van der Waals surface area contributed by atoms with Crippen LogP contribution in [0.15, 0.2) is 24.3 Å². The van der Waals surface area contributed by atoms with Crippen molar-refractivity contribution >= 4 is 5.91 Å². The minimum absolute atomic E-state index is 0.00302. The highest BCUT2D eigenvalue weighted by Gasteiger charge is 2.35. The second kappa shape index (κ2) is 7.90. The molecule has 5 nitrogen and oxygen atoms in total. The van der Waals surface area contributed by atoms with E-state index in [2.05, 4.69) is 5.10 Å². The van der Waals surface area contributed by atoms with Gasteiger partial charge in [0.25, 0.3) is 0 Å². The molecule has 1 atom stereocenters. The maximum atomic E-state index is 13.4. The molecule has 1 aromatic heterocycles. The molecule has 9 heteroatoms. The monoisotopic (exact) mass is 399 g/mol. The van der Waals surface area contributed by atoms with Gasteiger partial charge >= 0.3 is 6.18 Å². The number of halogens is 4. The SMILES string of the molecule is Cc1nn(CC(F)(F)F)c(C)c1C1COCCN1C(=O)Cc1cccc(F)c1. The quantitative estimate of drug-likeness (QED) is 0.741. The van der Waals surface area contributed by atoms with E-state index in [1.165, 1.54) is 18.2 Å². The van der Waals surface area contributed by atoms with Crippen LogP contribution in [0, 0.1) is 19.7 Å². The van der Waals surface area contributed by atoms with E-state index in [4.69, 9.17) is 4.74 Å². The van der Waals surface area contributed by atoms with Crippen molar-refractivity contribution in [2.45, 2.75) is 39.0 Å². The molecule has 0 N–H and O–H groups in total. The molecule has 0 saturated carbocycles. The molecule has 0 radical (unpaired) electrons. The number of nitrogens with zero attached hydrogens (tertiary/aromatic N) is 3. The van der Waals surface area contributed by atoms with Gasteiger partial charge in [0.1, 0.15) is 12.4 Å². The molecule has 0 bridgehead atoms. The number of rotatable bonds is 4. The van der Waals surface area contributed by atoms with Gasteiger partial charge in [-0.1, -0.05) is 12.1 Å². The van der Waals surface area contributed by atoms with Crippen molar-refractivity contribution in [3.8, 4) is 0 Å². The summed E-state index contributed by atoms with van der Waals surface area (Å²) in [6, 6.07) is 5.26. The van der Waals surface area contributed by atoms with Gasteiger partial charge in [-0.2, -0.15) is 18.3 Å². The van der Waals surface area contributed by atoms with Crippen LogP contribution in [0.3, 0.4) is 0 Å². The van der Waals surface area contributed by atoms with E-state index in [0.717, 1.165) is 4.68 Å². The molecule has 28 heavy (non-hydrogen) atoms. The van der Waals surface area contributed by atoms with Gasteiger partial charge in [-0.25, -0.2) is 4.39 Å². The van der Waals surface area contributed by atoms with E-state index < -0.39 is 24.6 Å². The molecular weight excluding hydrogens is 378 g/mol. The molecule has 2 aromatic rings. The predicted molar refractivity (Wildman–Crippen MR) is 93.1 cm³/mol. The number of hydrogen-bond acceptors (Lipinski definition) is 3. The Morgan fingerprint density at radius 3 is 2.75 bits per heavy atom. The highest BCUT2D eigenvalue weighted by atomic mass is 19.4. The Bertz CT molecular complexity index is 863. The number of carbonyl (C=O) groups excluding carboxylic acids is 1. The third kappa shape index (κ3) is 4.52. The zero-order valence-corrected chi connectivity index (χ0v) is 15.6. The topological polar surface area (TPSA) is 47.4 Å². The van der Waals surface area contributed by atoms with E-state index in [1.807, 2.05) is 0 Å². The first-order valence-electron chi connectivity index (χ1n) is 8.88. The Balaban J connectivity index is 1.86. The summed E-state index contributed by atoms with van der Waals surface area (Å²) in [6.45, 7) is 2.81. The van der Waals surface area contributed by atoms with Crippen molar-refractivity contribution in [2.24, 2.45) is 0 Å². The molecule has 1 aliphatic rings. The number of carbonyl (C=O) groups is 1. The Kier molecular flexibility index (Phi) is 5.74. The summed E-state index contributed by atoms with van der Waals surface area (Å²) >= 11 is 0. The molecule has 3 rings (SSSR count). The molecule has 0 aliphatic carbocycles. The Morgan fingerprint density at radius 1 is 1.32 bits per heavy atom. The Hall–Kier alpha value is -2.42. The van der Waals surface area contributed by atoms with Gasteiger partial charge in [0.2, 0.25) is 5.91 Å². The molecule has 152 valence electrons. The highest BCUT2D eigenvalue weighted by Crippen LogP contribution is 2.31. The number of ether oxygens (including phenoxy) is 1. The third-order valence-corrected chi connectivity index (χ3v) is 4.79. The summed E-state index contributed by atoms with van der Waals surface area (Å²) in [5.41, 5.74) is 1.89. The molecule has 2 heterocycles. The minimum Gasteiger partial charge on any atom is -0.377 e. The van der Waals surface area contributed by atoms with Gasteiger partial charge in [-0.05, 0) is 31.5 Å². The number of alkyl halides is 3. The van der Waals surface area contributed by atoms with Gasteiger partial charge in [0.15, 0.2) is 0 Å². The van der Waals surface area contributed by atoms with Gasteiger partial charge in [-0.15, -0.1) is 0 Å². The van der Waals surface area contributed by atoms with Crippen LogP contribution in [-0.2, 0) is 22.5 Å². The second-order valence-corrected chi connectivity index (χ2v) is 6.84. The van der Waals surface area contributed by atoms with Crippen LogP contribution in [0.1, 0.15) is 28.6 Å². The first-order chi connectivity index (χ1) is 13.2. The van der Waals surface area contributed by atoms with Crippen LogP contribution in [0.2, 0.25) is 0 Å². The minimum atomic E-state index is -4.39. The number of amides is 1. The first kappa shape index (κ1) is 20.3. The smallest absolute Gasteiger partial charge is 0.377 e.